The molecule has 0 unspecified atom stereocenters. The predicted octanol–water partition coefficient (Wildman–Crippen LogP) is 2.62. The number of benzene rings is 1. The summed E-state index contributed by atoms with van der Waals surface area (Å²) < 4.78 is 38.0. The fourth-order valence-corrected chi connectivity index (χ4v) is 6.03. The van der Waals surface area contributed by atoms with Crippen molar-refractivity contribution in [1.29, 1.82) is 0 Å². The van der Waals surface area contributed by atoms with Crippen molar-refractivity contribution in [1.82, 2.24) is 19.3 Å². The van der Waals surface area contributed by atoms with E-state index in [1.165, 1.54) is 11.3 Å². The molecular weight excluding hydrogens is 412 g/mol. The number of methoxy groups -OCH3 is 1. The molecule has 0 spiro atoms. The largest absolute Gasteiger partial charge is 0.497 e. The summed E-state index contributed by atoms with van der Waals surface area (Å²) in [7, 11) is -1.79. The van der Waals surface area contributed by atoms with Gasteiger partial charge in [-0.25, -0.2) is 8.42 Å². The minimum Gasteiger partial charge on any atom is -0.497 e. The minimum absolute atomic E-state index is 0.407. The molecule has 10 heteroatoms. The highest BCUT2D eigenvalue weighted by molar-refractivity contribution is 7.91. The van der Waals surface area contributed by atoms with Crippen molar-refractivity contribution in [2.45, 2.75) is 17.7 Å². The third-order valence-electron chi connectivity index (χ3n) is 4.82. The second kappa shape index (κ2) is 8.23. The summed E-state index contributed by atoms with van der Waals surface area (Å²) in [6.07, 6.45) is 0. The number of aromatic nitrogens is 2. The van der Waals surface area contributed by atoms with E-state index in [9.17, 15) is 8.42 Å². The third-order valence-corrected chi connectivity index (χ3v) is 8.18. The zero-order valence-corrected chi connectivity index (χ0v) is 17.9. The van der Waals surface area contributed by atoms with Crippen LogP contribution in [0.15, 0.2) is 45.1 Å². The number of hydrogen-bond donors (Lipinski definition) is 0. The highest BCUT2D eigenvalue weighted by atomic mass is 32.2. The molecule has 2 aromatic heterocycles. The van der Waals surface area contributed by atoms with E-state index < -0.39 is 10.0 Å². The summed E-state index contributed by atoms with van der Waals surface area (Å²) in [5.41, 5.74) is 0.850. The lowest BCUT2D eigenvalue weighted by Crippen LogP contribution is -2.48. The third kappa shape index (κ3) is 4.35. The minimum atomic E-state index is -3.41. The van der Waals surface area contributed by atoms with Crippen LogP contribution in [0, 0.1) is 6.92 Å². The molecule has 154 valence electrons. The van der Waals surface area contributed by atoms with Gasteiger partial charge < -0.3 is 9.26 Å². The molecule has 0 atom stereocenters. The van der Waals surface area contributed by atoms with E-state index in [1.807, 2.05) is 37.3 Å². The molecular formula is C19H22N4O4S2. The highest BCUT2D eigenvalue weighted by Gasteiger charge is 2.30. The van der Waals surface area contributed by atoms with Gasteiger partial charge in [0.15, 0.2) is 0 Å². The number of aryl methyl sites for hydroxylation is 1. The first-order valence-corrected chi connectivity index (χ1v) is 11.5. The average Bonchev–Trinajstić information content (AvgIpc) is 3.38. The summed E-state index contributed by atoms with van der Waals surface area (Å²) in [5, 5.41) is 4.05. The lowest BCUT2D eigenvalue weighted by molar-refractivity contribution is 0.163. The molecule has 4 rings (SSSR count). The van der Waals surface area contributed by atoms with Crippen LogP contribution < -0.4 is 4.74 Å². The Morgan fingerprint density at radius 1 is 1.10 bits per heavy atom. The molecule has 1 saturated heterocycles. The van der Waals surface area contributed by atoms with Crippen LogP contribution in [0.3, 0.4) is 0 Å². The van der Waals surface area contributed by atoms with Crippen molar-refractivity contribution >= 4 is 21.4 Å². The fraction of sp³-hybridized carbons (Fsp3) is 0.368. The average molecular weight is 435 g/mol. The van der Waals surface area contributed by atoms with Crippen LogP contribution in [-0.2, 0) is 16.6 Å². The number of rotatable bonds is 6. The maximum Gasteiger partial charge on any atom is 0.252 e. The predicted molar refractivity (Wildman–Crippen MR) is 109 cm³/mol. The molecule has 3 aromatic rings. The summed E-state index contributed by atoms with van der Waals surface area (Å²) in [5.74, 6) is 1.81. The van der Waals surface area contributed by atoms with Crippen LogP contribution in [-0.4, -0.2) is 61.1 Å². The molecule has 0 N–H and O–H groups in total. The number of ether oxygens (including phenoxy) is 1. The van der Waals surface area contributed by atoms with Gasteiger partial charge in [0.2, 0.25) is 11.7 Å². The molecule has 0 radical (unpaired) electrons. The first-order chi connectivity index (χ1) is 14.0. The zero-order chi connectivity index (χ0) is 20.4. The SMILES string of the molecule is COc1ccc(-c2noc(CN3CCN(S(=O)(=O)c4ccc(C)s4)CC3)n2)cc1. The number of piperazine rings is 1. The van der Waals surface area contributed by atoms with Crippen molar-refractivity contribution in [2.24, 2.45) is 0 Å². The highest BCUT2D eigenvalue weighted by Crippen LogP contribution is 2.25. The van der Waals surface area contributed by atoms with Crippen molar-refractivity contribution < 1.29 is 17.7 Å². The van der Waals surface area contributed by atoms with E-state index in [-0.39, 0.29) is 0 Å². The van der Waals surface area contributed by atoms with Gasteiger partial charge in [0.1, 0.15) is 9.96 Å². The molecule has 1 aromatic carbocycles. The Labute approximate surface area is 173 Å². The first-order valence-electron chi connectivity index (χ1n) is 9.21. The Bertz CT molecular complexity index is 1070. The Morgan fingerprint density at radius 3 is 2.45 bits per heavy atom. The molecule has 0 bridgehead atoms. The summed E-state index contributed by atoms with van der Waals surface area (Å²) in [4.78, 5) is 7.57. The van der Waals surface area contributed by atoms with Crippen LogP contribution in [0.1, 0.15) is 10.8 Å². The monoisotopic (exact) mass is 434 g/mol. The Morgan fingerprint density at radius 2 is 1.83 bits per heavy atom. The van der Waals surface area contributed by atoms with Gasteiger partial charge in [-0.3, -0.25) is 4.90 Å². The van der Waals surface area contributed by atoms with E-state index in [1.54, 1.807) is 17.5 Å². The van der Waals surface area contributed by atoms with Gasteiger partial charge in [0, 0.05) is 36.6 Å². The second-order valence-corrected chi connectivity index (χ2v) is 10.2. The molecule has 8 nitrogen and oxygen atoms in total. The van der Waals surface area contributed by atoms with Gasteiger partial charge in [-0.15, -0.1) is 11.3 Å². The Hall–Kier alpha value is -2.27. The van der Waals surface area contributed by atoms with Crippen LogP contribution >= 0.6 is 11.3 Å². The number of sulfonamides is 1. The maximum atomic E-state index is 12.7. The first kappa shape index (κ1) is 20.0. The van der Waals surface area contributed by atoms with Crippen molar-refractivity contribution in [3.8, 4) is 17.1 Å². The summed E-state index contributed by atoms with van der Waals surface area (Å²) in [6, 6.07) is 11.0. The summed E-state index contributed by atoms with van der Waals surface area (Å²) in [6.45, 7) is 4.52. The molecule has 0 amide bonds. The van der Waals surface area contributed by atoms with Gasteiger partial charge >= 0.3 is 0 Å². The standard InChI is InChI=1S/C19H22N4O4S2/c1-14-3-8-18(28-14)29(24,25)23-11-9-22(10-12-23)13-17-20-19(21-27-17)15-4-6-16(26-2)7-5-15/h3-8H,9-13H2,1-2H3. The Kier molecular flexibility index (Phi) is 5.68. The molecule has 3 heterocycles. The van der Waals surface area contributed by atoms with Gasteiger partial charge in [-0.2, -0.15) is 9.29 Å². The normalized spacial score (nSPS) is 16.2. The summed E-state index contributed by atoms with van der Waals surface area (Å²) >= 11 is 1.31. The molecule has 29 heavy (non-hydrogen) atoms. The smallest absolute Gasteiger partial charge is 0.252 e. The lowest BCUT2D eigenvalue weighted by Gasteiger charge is -2.32. The second-order valence-electron chi connectivity index (χ2n) is 6.79. The molecule has 0 aliphatic carbocycles. The fourth-order valence-electron chi connectivity index (χ4n) is 3.17. The van der Waals surface area contributed by atoms with Crippen LogP contribution in [0.4, 0.5) is 0 Å². The van der Waals surface area contributed by atoms with Gasteiger partial charge in [0.25, 0.3) is 10.0 Å². The Balaban J connectivity index is 1.36. The van der Waals surface area contributed by atoms with E-state index in [2.05, 4.69) is 15.0 Å². The van der Waals surface area contributed by atoms with E-state index in [4.69, 9.17) is 9.26 Å². The quantitative estimate of drug-likeness (QED) is 0.589. The number of nitrogens with zero attached hydrogens (tertiary/aromatic N) is 4. The number of thiophene rings is 1. The van der Waals surface area contributed by atoms with Crippen molar-refractivity contribution in [2.75, 3.05) is 33.3 Å². The lowest BCUT2D eigenvalue weighted by atomic mass is 10.2. The van der Waals surface area contributed by atoms with Crippen LogP contribution in [0.25, 0.3) is 11.4 Å². The molecule has 1 aliphatic rings. The van der Waals surface area contributed by atoms with Gasteiger partial charge in [-0.1, -0.05) is 5.16 Å². The van der Waals surface area contributed by atoms with Crippen LogP contribution in [0.2, 0.25) is 0 Å². The molecule has 1 fully saturated rings. The topological polar surface area (TPSA) is 88.8 Å². The van der Waals surface area contributed by atoms with E-state index in [0.29, 0.717) is 48.6 Å². The van der Waals surface area contributed by atoms with Crippen molar-refractivity contribution in [3.63, 3.8) is 0 Å². The van der Waals surface area contributed by atoms with E-state index >= 15 is 0 Å². The molecule has 1 aliphatic heterocycles. The van der Waals surface area contributed by atoms with Gasteiger partial charge in [-0.05, 0) is 43.3 Å². The van der Waals surface area contributed by atoms with Gasteiger partial charge in [0.05, 0.1) is 13.7 Å². The number of hydrogen-bond acceptors (Lipinski definition) is 8. The maximum absolute atomic E-state index is 12.7. The van der Waals surface area contributed by atoms with E-state index in [0.717, 1.165) is 16.2 Å². The molecule has 0 saturated carbocycles. The zero-order valence-electron chi connectivity index (χ0n) is 16.2. The van der Waals surface area contributed by atoms with Crippen molar-refractivity contribution in [3.05, 3.63) is 47.2 Å². The van der Waals surface area contributed by atoms with Crippen LogP contribution in [0.5, 0.6) is 5.75 Å².